The van der Waals surface area contributed by atoms with Crippen LogP contribution in [-0.4, -0.2) is 16.2 Å². The first-order chi connectivity index (χ1) is 11.7. The number of ketones is 1. The minimum atomic E-state index is 0.115. The molecule has 0 amide bonds. The van der Waals surface area contributed by atoms with Gasteiger partial charge in [0.2, 0.25) is 0 Å². The van der Waals surface area contributed by atoms with E-state index in [9.17, 15) is 4.79 Å². The lowest BCUT2D eigenvalue weighted by molar-refractivity contribution is -0.116. The third-order valence-electron chi connectivity index (χ3n) is 6.04. The zero-order valence-electron chi connectivity index (χ0n) is 14.6. The molecule has 0 aromatic heterocycles. The lowest BCUT2D eigenvalue weighted by Gasteiger charge is -2.51. The van der Waals surface area contributed by atoms with Crippen LogP contribution in [0.2, 0.25) is 0 Å². The molecule has 4 rings (SSSR count). The molecule has 3 aliphatic rings. The van der Waals surface area contributed by atoms with E-state index in [1.807, 2.05) is 0 Å². The highest BCUT2D eigenvalue weighted by Gasteiger charge is 2.42. The Hall–Kier alpha value is -1.83. The third kappa shape index (κ3) is 2.72. The number of rotatable bonds is 2. The summed E-state index contributed by atoms with van der Waals surface area (Å²) >= 11 is 0. The average molecular weight is 321 g/mol. The number of nitrogens with zero attached hydrogens (tertiary/aromatic N) is 1. The molecule has 1 saturated carbocycles. The standard InChI is InChI=1S/C22H27NO/c1-17-7-6-13-22(15-17)14-12-19-20(10-5-11-21(19)24)23(22)16-18-8-3-2-4-9-18/h2-4,8-9,12,14,17H,5-7,10-11,13,15-16H2,1H3/t17-,22-/m1/s1. The molecule has 1 heterocycles. The second-order valence-corrected chi connectivity index (χ2v) is 7.85. The van der Waals surface area contributed by atoms with Gasteiger partial charge in [0, 0.05) is 24.2 Å². The van der Waals surface area contributed by atoms with Crippen molar-refractivity contribution in [3.8, 4) is 0 Å². The first-order valence-corrected chi connectivity index (χ1v) is 9.45. The zero-order valence-corrected chi connectivity index (χ0v) is 14.6. The van der Waals surface area contributed by atoms with Crippen LogP contribution < -0.4 is 0 Å². The van der Waals surface area contributed by atoms with Crippen LogP contribution in [0.5, 0.6) is 0 Å². The molecule has 0 bridgehead atoms. The fraction of sp³-hybridized carbons (Fsp3) is 0.500. The molecular formula is C22H27NO. The summed E-state index contributed by atoms with van der Waals surface area (Å²) in [6, 6.07) is 10.7. The van der Waals surface area contributed by atoms with Crippen molar-refractivity contribution in [2.45, 2.75) is 64.0 Å². The Bertz CT molecular complexity index is 687. The summed E-state index contributed by atoms with van der Waals surface area (Å²) in [6.45, 7) is 3.30. The van der Waals surface area contributed by atoms with Crippen LogP contribution in [0.3, 0.4) is 0 Å². The molecule has 0 radical (unpaired) electrons. The fourth-order valence-electron chi connectivity index (χ4n) is 4.89. The quantitative estimate of drug-likeness (QED) is 0.763. The number of Topliss-reactive ketones (excluding diaryl/α,β-unsaturated/α-hetero) is 1. The molecular weight excluding hydrogens is 294 g/mol. The van der Waals surface area contributed by atoms with Crippen LogP contribution in [0.4, 0.5) is 0 Å². The summed E-state index contributed by atoms with van der Waals surface area (Å²) < 4.78 is 0. The van der Waals surface area contributed by atoms with E-state index >= 15 is 0 Å². The Morgan fingerprint density at radius 1 is 1.17 bits per heavy atom. The van der Waals surface area contributed by atoms with Crippen LogP contribution in [0, 0.1) is 5.92 Å². The van der Waals surface area contributed by atoms with E-state index in [0.29, 0.717) is 12.2 Å². The van der Waals surface area contributed by atoms with Gasteiger partial charge >= 0.3 is 0 Å². The SMILES string of the molecule is C[C@@H]1CCC[C@@]2(C=CC3=C(CCCC3=O)N2Cc2ccccc2)C1. The average Bonchev–Trinajstić information content (AvgIpc) is 2.59. The van der Waals surface area contributed by atoms with E-state index in [2.05, 4.69) is 54.3 Å². The number of carbonyl (C=O) groups is 1. The molecule has 0 saturated heterocycles. The number of allylic oxidation sites excluding steroid dienone is 3. The molecule has 2 heteroatoms. The van der Waals surface area contributed by atoms with Crippen molar-refractivity contribution in [3.05, 3.63) is 59.3 Å². The van der Waals surface area contributed by atoms with E-state index < -0.39 is 0 Å². The van der Waals surface area contributed by atoms with Crippen molar-refractivity contribution in [2.24, 2.45) is 5.92 Å². The minimum Gasteiger partial charge on any atom is -0.361 e. The molecule has 1 spiro atoms. The highest BCUT2D eigenvalue weighted by molar-refractivity contribution is 5.99. The number of carbonyl (C=O) groups excluding carboxylic acids is 1. The molecule has 0 unspecified atom stereocenters. The highest BCUT2D eigenvalue weighted by atomic mass is 16.1. The molecule has 1 aliphatic heterocycles. The van der Waals surface area contributed by atoms with E-state index in [1.54, 1.807) is 0 Å². The Morgan fingerprint density at radius 3 is 2.79 bits per heavy atom. The Kier molecular flexibility index (Phi) is 4.07. The smallest absolute Gasteiger partial charge is 0.164 e. The van der Waals surface area contributed by atoms with Crippen LogP contribution in [0.25, 0.3) is 0 Å². The summed E-state index contributed by atoms with van der Waals surface area (Å²) in [6.07, 6.45) is 12.3. The van der Waals surface area contributed by atoms with Crippen molar-refractivity contribution >= 4 is 5.78 Å². The van der Waals surface area contributed by atoms with Gasteiger partial charge in [-0.3, -0.25) is 4.79 Å². The molecule has 1 aromatic rings. The van der Waals surface area contributed by atoms with Crippen LogP contribution >= 0.6 is 0 Å². The number of hydrogen-bond acceptors (Lipinski definition) is 2. The normalized spacial score (nSPS) is 30.0. The van der Waals surface area contributed by atoms with Crippen molar-refractivity contribution in [1.82, 2.24) is 4.90 Å². The summed E-state index contributed by atoms with van der Waals surface area (Å²) in [5.74, 6) is 1.09. The fourth-order valence-corrected chi connectivity index (χ4v) is 4.89. The molecule has 2 atom stereocenters. The van der Waals surface area contributed by atoms with Gasteiger partial charge in [-0.05, 0) is 37.2 Å². The van der Waals surface area contributed by atoms with Gasteiger partial charge in [-0.2, -0.15) is 0 Å². The molecule has 0 N–H and O–H groups in total. The Balaban J connectivity index is 1.74. The van der Waals surface area contributed by atoms with Crippen molar-refractivity contribution < 1.29 is 4.79 Å². The van der Waals surface area contributed by atoms with E-state index in [0.717, 1.165) is 30.9 Å². The van der Waals surface area contributed by atoms with E-state index in [1.165, 1.54) is 36.9 Å². The maximum absolute atomic E-state index is 12.4. The van der Waals surface area contributed by atoms with Gasteiger partial charge in [0.15, 0.2) is 5.78 Å². The predicted octanol–water partition coefficient (Wildman–Crippen LogP) is 5.01. The lowest BCUT2D eigenvalue weighted by atomic mass is 9.72. The van der Waals surface area contributed by atoms with Crippen molar-refractivity contribution in [2.75, 3.05) is 0 Å². The number of benzene rings is 1. The van der Waals surface area contributed by atoms with Crippen molar-refractivity contribution in [3.63, 3.8) is 0 Å². The highest BCUT2D eigenvalue weighted by Crippen LogP contribution is 2.45. The summed E-state index contributed by atoms with van der Waals surface area (Å²) in [4.78, 5) is 15.0. The maximum Gasteiger partial charge on any atom is 0.164 e. The van der Waals surface area contributed by atoms with Crippen LogP contribution in [0.15, 0.2) is 53.8 Å². The maximum atomic E-state index is 12.4. The molecule has 24 heavy (non-hydrogen) atoms. The first-order valence-electron chi connectivity index (χ1n) is 9.45. The summed E-state index contributed by atoms with van der Waals surface area (Å²) in [5, 5.41) is 0. The van der Waals surface area contributed by atoms with Gasteiger partial charge in [0.1, 0.15) is 0 Å². The molecule has 2 aliphatic carbocycles. The first kappa shape index (κ1) is 15.7. The predicted molar refractivity (Wildman–Crippen MR) is 97.4 cm³/mol. The van der Waals surface area contributed by atoms with Gasteiger partial charge in [-0.1, -0.05) is 62.2 Å². The Labute approximate surface area is 145 Å². The number of hydrogen-bond donors (Lipinski definition) is 0. The minimum absolute atomic E-state index is 0.115. The van der Waals surface area contributed by atoms with E-state index in [-0.39, 0.29) is 5.54 Å². The van der Waals surface area contributed by atoms with Crippen LogP contribution in [-0.2, 0) is 11.3 Å². The molecule has 1 aromatic carbocycles. The third-order valence-corrected chi connectivity index (χ3v) is 6.04. The zero-order chi connectivity index (χ0) is 16.6. The molecule has 2 nitrogen and oxygen atoms in total. The lowest BCUT2D eigenvalue weighted by Crippen LogP contribution is -2.51. The van der Waals surface area contributed by atoms with Gasteiger partial charge < -0.3 is 4.90 Å². The summed E-state index contributed by atoms with van der Waals surface area (Å²) in [5.41, 5.74) is 3.76. The second-order valence-electron chi connectivity index (χ2n) is 7.85. The van der Waals surface area contributed by atoms with Gasteiger partial charge in [-0.25, -0.2) is 0 Å². The van der Waals surface area contributed by atoms with Gasteiger partial charge in [0.05, 0.1) is 5.54 Å². The van der Waals surface area contributed by atoms with Crippen molar-refractivity contribution in [1.29, 1.82) is 0 Å². The largest absolute Gasteiger partial charge is 0.361 e. The van der Waals surface area contributed by atoms with E-state index in [4.69, 9.17) is 0 Å². The summed E-state index contributed by atoms with van der Waals surface area (Å²) in [7, 11) is 0. The monoisotopic (exact) mass is 321 g/mol. The molecule has 1 fully saturated rings. The van der Waals surface area contributed by atoms with Crippen LogP contribution in [0.1, 0.15) is 57.4 Å². The Morgan fingerprint density at radius 2 is 2.00 bits per heavy atom. The second kappa shape index (κ2) is 6.23. The van der Waals surface area contributed by atoms with Gasteiger partial charge in [-0.15, -0.1) is 0 Å². The topological polar surface area (TPSA) is 20.3 Å². The molecule has 126 valence electrons. The van der Waals surface area contributed by atoms with Gasteiger partial charge in [0.25, 0.3) is 0 Å².